The summed E-state index contributed by atoms with van der Waals surface area (Å²) >= 11 is 6.79. The van der Waals surface area contributed by atoms with Gasteiger partial charge in [0.15, 0.2) is 0 Å². The average molecular weight is 720 g/mol. The molecule has 3 aliphatic rings. The van der Waals surface area contributed by atoms with Crippen LogP contribution in [0.4, 0.5) is 17.1 Å². The number of aryl methyl sites for hydroxylation is 1. The molecule has 2 bridgehead atoms. The average Bonchev–Trinajstić information content (AvgIpc) is 3.47. The molecule has 0 saturated heterocycles. The third-order valence-electron chi connectivity index (χ3n) is 13.3. The molecule has 0 radical (unpaired) electrons. The van der Waals surface area contributed by atoms with Crippen molar-refractivity contribution >= 4 is 39.4 Å². The number of halogens is 1. The van der Waals surface area contributed by atoms with Gasteiger partial charge in [0.1, 0.15) is 0 Å². The Morgan fingerprint density at radius 1 is 0.519 bits per heavy atom. The number of hydrogen-bond donors (Lipinski definition) is 0. The van der Waals surface area contributed by atoms with E-state index in [0.29, 0.717) is 11.8 Å². The molecule has 10 rings (SSSR count). The van der Waals surface area contributed by atoms with Crippen LogP contribution in [0, 0.1) is 30.6 Å². The van der Waals surface area contributed by atoms with Crippen molar-refractivity contribution in [3.05, 3.63) is 173 Å². The number of hydrogen-bond acceptors (Lipinski definition) is 1. The lowest BCUT2D eigenvalue weighted by Crippen LogP contribution is -2.49. The van der Waals surface area contributed by atoms with Crippen LogP contribution in [0.5, 0.6) is 0 Å². The van der Waals surface area contributed by atoms with E-state index in [2.05, 4.69) is 177 Å². The Hall–Kier alpha value is -5.11. The lowest BCUT2D eigenvalue weighted by Gasteiger charge is -2.54. The Kier molecular flexibility index (Phi) is 8.07. The van der Waals surface area contributed by atoms with E-state index in [-0.39, 0.29) is 5.41 Å². The predicted octanol–water partition coefficient (Wildman–Crippen LogP) is 15.0. The fraction of sp³-hybridized carbons (Fsp3) is 0.231. The van der Waals surface area contributed by atoms with Crippen LogP contribution in [0.2, 0.25) is 5.02 Å². The Balaban J connectivity index is 1.04. The molecule has 0 amide bonds. The minimum absolute atomic E-state index is 0.0151. The molecule has 266 valence electrons. The Labute approximate surface area is 325 Å². The lowest BCUT2D eigenvalue weighted by molar-refractivity contribution is 0.0426. The molecule has 2 heteroatoms. The summed E-state index contributed by atoms with van der Waals surface area (Å²) in [6.45, 7) is 7.16. The second-order valence-corrected chi connectivity index (χ2v) is 17.1. The molecule has 7 aromatic rings. The molecule has 54 heavy (non-hydrogen) atoms. The molecule has 3 aliphatic carbocycles. The van der Waals surface area contributed by atoms with Crippen molar-refractivity contribution in [3.8, 4) is 33.4 Å². The van der Waals surface area contributed by atoms with Gasteiger partial charge in [0.05, 0.1) is 0 Å². The predicted molar refractivity (Wildman–Crippen MR) is 229 cm³/mol. The number of fused-ring (bicyclic) bond motifs is 9. The molecule has 0 N–H and O–H groups in total. The van der Waals surface area contributed by atoms with E-state index in [0.717, 1.165) is 33.9 Å². The maximum Gasteiger partial charge on any atom is 0.0468 e. The van der Waals surface area contributed by atoms with Crippen LogP contribution in [-0.4, -0.2) is 0 Å². The fourth-order valence-electron chi connectivity index (χ4n) is 11.0. The summed E-state index contributed by atoms with van der Waals surface area (Å²) in [5, 5.41) is 3.34. The van der Waals surface area contributed by atoms with Gasteiger partial charge in [-0.25, -0.2) is 0 Å². The second-order valence-electron chi connectivity index (χ2n) is 16.7. The van der Waals surface area contributed by atoms with Crippen LogP contribution >= 0.6 is 11.6 Å². The van der Waals surface area contributed by atoms with E-state index in [1.807, 2.05) is 0 Å². The summed E-state index contributed by atoms with van der Waals surface area (Å²) in [7, 11) is 0. The highest BCUT2D eigenvalue weighted by Gasteiger charge is 2.56. The Morgan fingerprint density at radius 3 is 1.89 bits per heavy atom. The first-order chi connectivity index (χ1) is 26.3. The van der Waals surface area contributed by atoms with Crippen LogP contribution in [0.15, 0.2) is 152 Å². The maximum absolute atomic E-state index is 6.79. The van der Waals surface area contributed by atoms with Crippen molar-refractivity contribution in [3.63, 3.8) is 0 Å². The molecule has 0 aromatic heterocycles. The van der Waals surface area contributed by atoms with E-state index in [1.165, 1.54) is 86.5 Å². The van der Waals surface area contributed by atoms with Crippen molar-refractivity contribution in [1.82, 2.24) is 0 Å². The third-order valence-corrected chi connectivity index (χ3v) is 13.5. The van der Waals surface area contributed by atoms with E-state index in [4.69, 9.17) is 11.6 Å². The maximum atomic E-state index is 6.79. The van der Waals surface area contributed by atoms with E-state index < -0.39 is 0 Å². The molecule has 1 spiro atoms. The van der Waals surface area contributed by atoms with Crippen molar-refractivity contribution in [1.29, 1.82) is 0 Å². The second kappa shape index (κ2) is 13.0. The zero-order valence-corrected chi connectivity index (χ0v) is 32.2. The van der Waals surface area contributed by atoms with Crippen LogP contribution in [0.3, 0.4) is 0 Å². The van der Waals surface area contributed by atoms with Gasteiger partial charge in [-0.15, -0.1) is 0 Å². The highest BCUT2D eigenvalue weighted by Crippen LogP contribution is 2.65. The van der Waals surface area contributed by atoms with Gasteiger partial charge in [-0.1, -0.05) is 122 Å². The first-order valence-electron chi connectivity index (χ1n) is 19.9. The van der Waals surface area contributed by atoms with Crippen LogP contribution in [0.25, 0.3) is 44.2 Å². The Bertz CT molecular complexity index is 2510. The zero-order chi connectivity index (χ0) is 36.6. The molecular weight excluding hydrogens is 674 g/mol. The van der Waals surface area contributed by atoms with Crippen molar-refractivity contribution in [2.75, 3.05) is 4.90 Å². The van der Waals surface area contributed by atoms with Crippen LogP contribution in [-0.2, 0) is 5.41 Å². The van der Waals surface area contributed by atoms with Gasteiger partial charge in [-0.3, -0.25) is 0 Å². The molecule has 5 unspecified atom stereocenters. The molecule has 0 aliphatic heterocycles. The van der Waals surface area contributed by atoms with E-state index >= 15 is 0 Å². The SMILES string of the molecule is Cc1ccc(N(c2ccc(-c3ccccc3)cc2)c2ccc3cc(-c4ccc5c(c4)C4(c6cc(Cl)ccc6-5)C(C)CC5CC(C)CC4C5)ccc3c2)cc1. The van der Waals surface area contributed by atoms with Gasteiger partial charge < -0.3 is 4.90 Å². The fourth-order valence-corrected chi connectivity index (χ4v) is 11.2. The Morgan fingerprint density at radius 2 is 1.11 bits per heavy atom. The molecule has 2 saturated carbocycles. The number of nitrogens with zero attached hydrogens (tertiary/aromatic N) is 1. The summed E-state index contributed by atoms with van der Waals surface area (Å²) in [5.41, 5.74) is 15.5. The quantitative estimate of drug-likeness (QED) is 0.171. The van der Waals surface area contributed by atoms with Crippen molar-refractivity contribution in [2.24, 2.45) is 23.7 Å². The monoisotopic (exact) mass is 719 g/mol. The molecule has 1 nitrogen and oxygen atoms in total. The first kappa shape index (κ1) is 33.5. The molecule has 2 fully saturated rings. The van der Waals surface area contributed by atoms with Crippen LogP contribution < -0.4 is 4.90 Å². The minimum Gasteiger partial charge on any atom is -0.310 e. The highest BCUT2D eigenvalue weighted by atomic mass is 35.5. The normalized spacial score (nSPS) is 22.6. The largest absolute Gasteiger partial charge is 0.310 e. The van der Waals surface area contributed by atoms with Gasteiger partial charge in [0.25, 0.3) is 0 Å². The van der Waals surface area contributed by atoms with Gasteiger partial charge in [-0.2, -0.15) is 0 Å². The van der Waals surface area contributed by atoms with Crippen molar-refractivity contribution < 1.29 is 0 Å². The minimum atomic E-state index is 0.0151. The molecule has 5 atom stereocenters. The standard InChI is InChI=1S/C52H46ClN/c1-33-9-18-45(19-10-33)54(46-20-13-38(14-21-46)37-7-5-4-6-8-37)47-22-15-40-29-39(11-12-41(40)30-47)42-16-23-48-49-24-17-44(53)32-51(49)52(50(48)31-42)35(3)27-36-25-34(2)26-43(52)28-36/h4-24,29-32,34-36,43H,25-28H2,1-3H3. The van der Waals surface area contributed by atoms with E-state index in [1.54, 1.807) is 0 Å². The molecule has 0 heterocycles. The third kappa shape index (κ3) is 5.43. The topological polar surface area (TPSA) is 3.24 Å². The molecule has 7 aromatic carbocycles. The number of rotatable bonds is 5. The van der Waals surface area contributed by atoms with Crippen LogP contribution in [0.1, 0.15) is 56.2 Å². The summed E-state index contributed by atoms with van der Waals surface area (Å²) in [6, 6.07) is 56.4. The first-order valence-corrected chi connectivity index (χ1v) is 20.2. The summed E-state index contributed by atoms with van der Waals surface area (Å²) in [4.78, 5) is 2.37. The smallest absolute Gasteiger partial charge is 0.0468 e. The van der Waals surface area contributed by atoms with Gasteiger partial charge >= 0.3 is 0 Å². The number of anilines is 3. The summed E-state index contributed by atoms with van der Waals surface area (Å²) in [5.74, 6) is 2.83. The summed E-state index contributed by atoms with van der Waals surface area (Å²) in [6.07, 6.45) is 5.31. The lowest BCUT2D eigenvalue weighted by atomic mass is 9.49. The highest BCUT2D eigenvalue weighted by molar-refractivity contribution is 6.30. The van der Waals surface area contributed by atoms with E-state index in [9.17, 15) is 0 Å². The van der Waals surface area contributed by atoms with Gasteiger partial charge in [0.2, 0.25) is 0 Å². The number of benzene rings is 7. The van der Waals surface area contributed by atoms with Gasteiger partial charge in [0, 0.05) is 27.5 Å². The molecular formula is C52H46ClN. The summed E-state index contributed by atoms with van der Waals surface area (Å²) < 4.78 is 0. The zero-order valence-electron chi connectivity index (χ0n) is 31.4. The van der Waals surface area contributed by atoms with Crippen molar-refractivity contribution in [2.45, 2.75) is 51.9 Å². The van der Waals surface area contributed by atoms with Gasteiger partial charge in [-0.05, 0) is 172 Å².